The highest BCUT2D eigenvalue weighted by Crippen LogP contribution is 2.33. The second-order valence-electron chi connectivity index (χ2n) is 5.23. The Labute approximate surface area is 108 Å². The molecule has 100 valence electrons. The van der Waals surface area contributed by atoms with E-state index in [0.29, 0.717) is 18.3 Å². The van der Waals surface area contributed by atoms with Crippen molar-refractivity contribution in [3.8, 4) is 0 Å². The molecule has 1 aliphatic carbocycles. The predicted octanol–water partition coefficient (Wildman–Crippen LogP) is 1.80. The molecule has 0 unspecified atom stereocenters. The van der Waals surface area contributed by atoms with Crippen molar-refractivity contribution >= 4 is 11.8 Å². The van der Waals surface area contributed by atoms with Gasteiger partial charge < -0.3 is 16.2 Å². The lowest BCUT2D eigenvalue weighted by molar-refractivity contribution is 0.00216. The molecule has 0 atom stereocenters. The van der Waals surface area contributed by atoms with Crippen LogP contribution in [0.15, 0.2) is 12.3 Å². The van der Waals surface area contributed by atoms with Gasteiger partial charge in [-0.25, -0.2) is 4.98 Å². The van der Waals surface area contributed by atoms with Crippen molar-refractivity contribution in [2.75, 3.05) is 17.6 Å². The molecule has 1 saturated carbocycles. The summed E-state index contributed by atoms with van der Waals surface area (Å²) in [7, 11) is 0. The molecule has 2 rings (SSSR count). The van der Waals surface area contributed by atoms with Crippen LogP contribution >= 0.6 is 0 Å². The van der Waals surface area contributed by atoms with E-state index in [0.717, 1.165) is 31.6 Å². The fourth-order valence-electron chi connectivity index (χ4n) is 2.50. The van der Waals surface area contributed by atoms with Gasteiger partial charge in [0.2, 0.25) is 5.95 Å². The van der Waals surface area contributed by atoms with E-state index in [2.05, 4.69) is 22.2 Å². The average Bonchev–Trinajstić information content (AvgIpc) is 2.38. The topological polar surface area (TPSA) is 84.1 Å². The number of aliphatic hydroxyl groups is 1. The summed E-state index contributed by atoms with van der Waals surface area (Å²) in [6.45, 7) is 2.71. The lowest BCUT2D eigenvalue weighted by Gasteiger charge is -2.35. The molecule has 1 aromatic heterocycles. The molecular weight excluding hydrogens is 228 g/mol. The quantitative estimate of drug-likeness (QED) is 0.759. The van der Waals surface area contributed by atoms with E-state index in [9.17, 15) is 5.11 Å². The number of hydrogen-bond acceptors (Lipinski definition) is 5. The Morgan fingerprint density at radius 3 is 2.83 bits per heavy atom. The van der Waals surface area contributed by atoms with Gasteiger partial charge in [-0.2, -0.15) is 4.98 Å². The number of nitrogen functional groups attached to an aromatic ring is 1. The summed E-state index contributed by atoms with van der Waals surface area (Å²) in [6.07, 6.45) is 6.73. The first-order chi connectivity index (χ1) is 8.61. The minimum absolute atomic E-state index is 0.439. The summed E-state index contributed by atoms with van der Waals surface area (Å²) in [4.78, 5) is 8.14. The van der Waals surface area contributed by atoms with Gasteiger partial charge in [-0.3, -0.25) is 0 Å². The molecule has 1 aliphatic rings. The number of nitrogens with two attached hydrogens (primary N) is 1. The highest BCUT2D eigenvalue weighted by molar-refractivity contribution is 5.35. The first-order valence-electron chi connectivity index (χ1n) is 6.66. The van der Waals surface area contributed by atoms with Crippen LogP contribution in [0.3, 0.4) is 0 Å². The normalized spacial score (nSPS) is 28.0. The molecule has 0 aliphatic heterocycles. The Balaban J connectivity index is 1.86. The molecule has 0 spiro atoms. The Kier molecular flexibility index (Phi) is 4.01. The van der Waals surface area contributed by atoms with Gasteiger partial charge in [-0.1, -0.05) is 13.3 Å². The molecule has 1 fully saturated rings. The van der Waals surface area contributed by atoms with Crippen LogP contribution in [0.4, 0.5) is 11.8 Å². The third kappa shape index (κ3) is 3.32. The molecule has 0 bridgehead atoms. The molecule has 1 heterocycles. The van der Waals surface area contributed by atoms with E-state index >= 15 is 0 Å². The maximum Gasteiger partial charge on any atom is 0.224 e. The van der Waals surface area contributed by atoms with E-state index in [1.54, 1.807) is 12.3 Å². The summed E-state index contributed by atoms with van der Waals surface area (Å²) in [5.74, 6) is 1.70. The Morgan fingerprint density at radius 2 is 2.22 bits per heavy atom. The zero-order valence-corrected chi connectivity index (χ0v) is 10.9. The van der Waals surface area contributed by atoms with Gasteiger partial charge in [0.05, 0.1) is 5.60 Å². The van der Waals surface area contributed by atoms with Gasteiger partial charge in [0.15, 0.2) is 0 Å². The molecule has 4 N–H and O–H groups in total. The van der Waals surface area contributed by atoms with Crippen molar-refractivity contribution in [3.05, 3.63) is 12.3 Å². The fraction of sp³-hybridized carbons (Fsp3) is 0.692. The predicted molar refractivity (Wildman–Crippen MR) is 72.1 cm³/mol. The Bertz CT molecular complexity index is 388. The van der Waals surface area contributed by atoms with Crippen LogP contribution in [0.2, 0.25) is 0 Å². The maximum absolute atomic E-state index is 10.5. The van der Waals surface area contributed by atoms with Gasteiger partial charge in [0.1, 0.15) is 5.82 Å². The fourth-order valence-corrected chi connectivity index (χ4v) is 2.50. The van der Waals surface area contributed by atoms with Crippen molar-refractivity contribution in [1.82, 2.24) is 9.97 Å². The van der Waals surface area contributed by atoms with E-state index in [1.165, 1.54) is 6.42 Å². The molecular formula is C13H22N4O. The molecule has 0 aromatic carbocycles. The number of rotatable bonds is 4. The average molecular weight is 250 g/mol. The van der Waals surface area contributed by atoms with E-state index in [4.69, 9.17) is 5.73 Å². The van der Waals surface area contributed by atoms with Gasteiger partial charge in [-0.05, 0) is 37.7 Å². The second kappa shape index (κ2) is 5.52. The molecule has 1 aromatic rings. The van der Waals surface area contributed by atoms with Crippen molar-refractivity contribution < 1.29 is 5.11 Å². The van der Waals surface area contributed by atoms with Gasteiger partial charge in [0.25, 0.3) is 0 Å². The number of nitrogens with zero attached hydrogens (tertiary/aromatic N) is 2. The van der Waals surface area contributed by atoms with Crippen LogP contribution in [0.1, 0.15) is 39.0 Å². The largest absolute Gasteiger partial charge is 0.388 e. The summed E-state index contributed by atoms with van der Waals surface area (Å²) in [6, 6.07) is 1.65. The number of anilines is 2. The number of nitrogens with one attached hydrogen (secondary N) is 1. The number of hydrogen-bond donors (Lipinski definition) is 3. The lowest BCUT2D eigenvalue weighted by Crippen LogP contribution is -2.40. The van der Waals surface area contributed by atoms with Crippen molar-refractivity contribution in [1.29, 1.82) is 0 Å². The maximum atomic E-state index is 10.5. The smallest absolute Gasteiger partial charge is 0.224 e. The Morgan fingerprint density at radius 1 is 1.50 bits per heavy atom. The summed E-state index contributed by atoms with van der Waals surface area (Å²) < 4.78 is 0. The first-order valence-corrected chi connectivity index (χ1v) is 6.66. The summed E-state index contributed by atoms with van der Waals surface area (Å²) >= 11 is 0. The van der Waals surface area contributed by atoms with Gasteiger partial charge in [-0.15, -0.1) is 0 Å². The highest BCUT2D eigenvalue weighted by atomic mass is 16.3. The first kappa shape index (κ1) is 13.1. The van der Waals surface area contributed by atoms with E-state index < -0.39 is 5.60 Å². The molecule has 0 saturated heterocycles. The van der Waals surface area contributed by atoms with Crippen LogP contribution in [-0.2, 0) is 0 Å². The van der Waals surface area contributed by atoms with Crippen LogP contribution in [0.5, 0.6) is 0 Å². The van der Waals surface area contributed by atoms with Crippen molar-refractivity contribution in [2.45, 2.75) is 44.6 Å². The molecule has 0 radical (unpaired) electrons. The van der Waals surface area contributed by atoms with Crippen molar-refractivity contribution in [3.63, 3.8) is 0 Å². The zero-order valence-electron chi connectivity index (χ0n) is 10.9. The summed E-state index contributed by atoms with van der Waals surface area (Å²) in [5, 5.41) is 13.5. The minimum atomic E-state index is -0.625. The van der Waals surface area contributed by atoms with E-state index in [-0.39, 0.29) is 0 Å². The molecule has 18 heavy (non-hydrogen) atoms. The van der Waals surface area contributed by atoms with Crippen molar-refractivity contribution in [2.24, 2.45) is 5.92 Å². The number of aromatic nitrogens is 2. The Hall–Kier alpha value is -1.36. The lowest BCUT2D eigenvalue weighted by atomic mass is 9.78. The second-order valence-corrected chi connectivity index (χ2v) is 5.23. The SMILES string of the molecule is CCC1CCC(O)(CNc2nccc(N)n2)CC1. The van der Waals surface area contributed by atoms with Crippen LogP contribution in [0, 0.1) is 5.92 Å². The third-order valence-corrected chi connectivity index (χ3v) is 3.87. The van der Waals surface area contributed by atoms with Crippen LogP contribution in [0.25, 0.3) is 0 Å². The molecule has 5 nitrogen and oxygen atoms in total. The molecule has 5 heteroatoms. The van der Waals surface area contributed by atoms with Crippen LogP contribution < -0.4 is 11.1 Å². The van der Waals surface area contributed by atoms with E-state index in [1.807, 2.05) is 0 Å². The van der Waals surface area contributed by atoms with Gasteiger partial charge >= 0.3 is 0 Å². The molecule has 0 amide bonds. The van der Waals surface area contributed by atoms with Crippen LogP contribution in [-0.4, -0.2) is 27.2 Å². The highest BCUT2D eigenvalue weighted by Gasteiger charge is 2.32. The summed E-state index contributed by atoms with van der Waals surface area (Å²) in [5.41, 5.74) is 4.96. The third-order valence-electron chi connectivity index (χ3n) is 3.87. The standard InChI is InChI=1S/C13H22N4O/c1-2-10-3-6-13(18,7-4-10)9-16-12-15-8-5-11(14)17-12/h5,8,10,18H,2-4,6-7,9H2,1H3,(H3,14,15,16,17). The minimum Gasteiger partial charge on any atom is -0.388 e. The zero-order chi connectivity index (χ0) is 13.0. The van der Waals surface area contributed by atoms with Gasteiger partial charge in [0, 0.05) is 12.7 Å². The monoisotopic (exact) mass is 250 g/mol.